The molecule has 7 nitrogen and oxygen atoms in total. The molecule has 3 rings (SSSR count). The Bertz CT molecular complexity index is 849. The van der Waals surface area contributed by atoms with Crippen molar-refractivity contribution in [2.24, 2.45) is 17.8 Å². The van der Waals surface area contributed by atoms with Gasteiger partial charge in [0.25, 0.3) is 11.8 Å². The van der Waals surface area contributed by atoms with Crippen molar-refractivity contribution >= 4 is 23.5 Å². The molecular weight excluding hydrogens is 398 g/mol. The first kappa shape index (κ1) is 23.2. The molecule has 1 heterocycles. The quantitative estimate of drug-likeness (QED) is 0.365. The minimum Gasteiger partial charge on any atom is -0.269 e. The van der Waals surface area contributed by atoms with Gasteiger partial charge in [0.15, 0.2) is 0 Å². The van der Waals surface area contributed by atoms with Crippen LogP contribution in [0, 0.1) is 17.8 Å². The van der Waals surface area contributed by atoms with Gasteiger partial charge in [-0.25, -0.2) is 9.69 Å². The molecule has 0 spiro atoms. The number of hydrogen-bond donors (Lipinski definition) is 0. The van der Waals surface area contributed by atoms with Crippen LogP contribution >= 0.6 is 0 Å². The summed E-state index contributed by atoms with van der Waals surface area (Å²) in [6, 6.07) is 6.63. The van der Waals surface area contributed by atoms with E-state index in [2.05, 4.69) is 20.8 Å². The molecule has 1 aromatic carbocycles. The highest BCUT2D eigenvalue weighted by Gasteiger charge is 2.35. The number of imide groups is 1. The standard InChI is InChI=1S/C24H31NO6/c1-14(2)20-11-6-15(3)12-21(20)29-31-30-22(26)13-18-7-9-19(10-8-18)25-23(27)16(4)17(5)24(25)28/h7-10,14-15,20-21H,6,11-13H2,1-5H3. The van der Waals surface area contributed by atoms with Gasteiger partial charge in [-0.2, -0.15) is 4.89 Å². The van der Waals surface area contributed by atoms with Crippen molar-refractivity contribution in [2.75, 3.05) is 4.90 Å². The van der Waals surface area contributed by atoms with Gasteiger partial charge in [-0.05, 0) is 67.2 Å². The Kier molecular flexibility index (Phi) is 7.28. The molecule has 168 valence electrons. The average molecular weight is 430 g/mol. The van der Waals surface area contributed by atoms with Crippen LogP contribution in [-0.4, -0.2) is 23.9 Å². The Balaban J connectivity index is 1.50. The predicted octanol–water partition coefficient (Wildman–Crippen LogP) is 4.31. The fourth-order valence-corrected chi connectivity index (χ4v) is 4.28. The number of nitrogens with zero attached hydrogens (tertiary/aromatic N) is 1. The molecule has 2 amide bonds. The summed E-state index contributed by atoms with van der Waals surface area (Å²) in [5.74, 6) is 0.163. The fraction of sp³-hybridized carbons (Fsp3) is 0.542. The molecule has 3 unspecified atom stereocenters. The molecule has 0 saturated heterocycles. The third-order valence-electron chi connectivity index (χ3n) is 6.40. The zero-order valence-corrected chi connectivity index (χ0v) is 18.8. The van der Waals surface area contributed by atoms with E-state index >= 15 is 0 Å². The normalized spacial score (nSPS) is 24.3. The van der Waals surface area contributed by atoms with Gasteiger partial charge in [0.2, 0.25) is 0 Å². The lowest BCUT2D eigenvalue weighted by molar-refractivity contribution is -0.508. The molecule has 2 aliphatic rings. The summed E-state index contributed by atoms with van der Waals surface area (Å²) in [4.78, 5) is 48.0. The van der Waals surface area contributed by atoms with Gasteiger partial charge in [0.05, 0.1) is 12.1 Å². The maximum absolute atomic E-state index is 12.3. The predicted molar refractivity (Wildman–Crippen MR) is 114 cm³/mol. The highest BCUT2D eigenvalue weighted by Crippen LogP contribution is 2.35. The van der Waals surface area contributed by atoms with Gasteiger partial charge in [-0.15, -0.1) is 0 Å². The van der Waals surface area contributed by atoms with Crippen LogP contribution in [0.15, 0.2) is 35.4 Å². The third-order valence-corrected chi connectivity index (χ3v) is 6.40. The van der Waals surface area contributed by atoms with Gasteiger partial charge in [0.1, 0.15) is 6.10 Å². The first-order valence-electron chi connectivity index (χ1n) is 10.9. The lowest BCUT2D eigenvalue weighted by Crippen LogP contribution is -2.34. The minimum atomic E-state index is -0.584. The van der Waals surface area contributed by atoms with Crippen LogP contribution in [0.5, 0.6) is 0 Å². The second kappa shape index (κ2) is 9.75. The van der Waals surface area contributed by atoms with E-state index in [0.717, 1.165) is 17.7 Å². The number of anilines is 1. The largest absolute Gasteiger partial charge is 0.349 e. The highest BCUT2D eigenvalue weighted by atomic mass is 17.5. The van der Waals surface area contributed by atoms with E-state index in [0.29, 0.717) is 40.2 Å². The van der Waals surface area contributed by atoms with Crippen LogP contribution in [-0.2, 0) is 35.6 Å². The molecule has 1 fully saturated rings. The zero-order chi connectivity index (χ0) is 22.7. The smallest absolute Gasteiger partial charge is 0.269 e. The second-order valence-electron chi connectivity index (χ2n) is 9.02. The molecule has 1 aromatic rings. The van der Waals surface area contributed by atoms with Gasteiger partial charge in [-0.3, -0.25) is 14.5 Å². The fourth-order valence-electron chi connectivity index (χ4n) is 4.28. The molecule has 0 N–H and O–H groups in total. The maximum atomic E-state index is 12.3. The van der Waals surface area contributed by atoms with Gasteiger partial charge >= 0.3 is 5.97 Å². The highest BCUT2D eigenvalue weighted by molar-refractivity contribution is 6.32. The Hall–Kier alpha value is -2.51. The van der Waals surface area contributed by atoms with Crippen molar-refractivity contribution in [3.05, 3.63) is 41.0 Å². The molecule has 0 bridgehead atoms. The van der Waals surface area contributed by atoms with E-state index < -0.39 is 5.97 Å². The third kappa shape index (κ3) is 5.22. The van der Waals surface area contributed by atoms with Crippen LogP contribution in [0.2, 0.25) is 0 Å². The Morgan fingerprint density at radius 3 is 2.26 bits per heavy atom. The SMILES string of the molecule is CC1=C(C)C(=O)N(c2ccc(CC(=O)OOOC3CC(C)CCC3C(C)C)cc2)C1=O. The van der Waals surface area contributed by atoms with Gasteiger partial charge < -0.3 is 0 Å². The summed E-state index contributed by atoms with van der Waals surface area (Å²) in [6.45, 7) is 9.78. The van der Waals surface area contributed by atoms with Crippen molar-refractivity contribution in [2.45, 2.75) is 66.4 Å². The maximum Gasteiger partial charge on any atom is 0.349 e. The van der Waals surface area contributed by atoms with Crippen LogP contribution in [0.25, 0.3) is 0 Å². The number of benzene rings is 1. The minimum absolute atomic E-state index is 0.0173. The van der Waals surface area contributed by atoms with Crippen molar-refractivity contribution in [3.8, 4) is 0 Å². The molecular formula is C24H31NO6. The van der Waals surface area contributed by atoms with Gasteiger partial charge in [0, 0.05) is 11.1 Å². The molecule has 3 atom stereocenters. The molecule has 31 heavy (non-hydrogen) atoms. The summed E-state index contributed by atoms with van der Waals surface area (Å²) < 4.78 is 0. The monoisotopic (exact) mass is 429 g/mol. The molecule has 1 aliphatic carbocycles. The first-order valence-corrected chi connectivity index (χ1v) is 10.9. The number of carbonyl (C=O) groups is 3. The van der Waals surface area contributed by atoms with E-state index in [1.165, 1.54) is 6.42 Å². The van der Waals surface area contributed by atoms with E-state index in [-0.39, 0.29) is 24.3 Å². The summed E-state index contributed by atoms with van der Waals surface area (Å²) in [5, 5.41) is 4.84. The zero-order valence-electron chi connectivity index (χ0n) is 18.8. The number of rotatable bonds is 7. The second-order valence-corrected chi connectivity index (χ2v) is 9.02. The number of carbonyl (C=O) groups excluding carboxylic acids is 3. The summed E-state index contributed by atoms with van der Waals surface area (Å²) >= 11 is 0. The van der Waals surface area contributed by atoms with E-state index in [4.69, 9.17) is 14.8 Å². The molecule has 0 radical (unpaired) electrons. The van der Waals surface area contributed by atoms with E-state index in [9.17, 15) is 14.4 Å². The van der Waals surface area contributed by atoms with E-state index in [1.54, 1.807) is 38.1 Å². The Morgan fingerprint density at radius 2 is 1.68 bits per heavy atom. The van der Waals surface area contributed by atoms with Crippen molar-refractivity contribution in [3.63, 3.8) is 0 Å². The van der Waals surface area contributed by atoms with Gasteiger partial charge in [-0.1, -0.05) is 39.3 Å². The lowest BCUT2D eigenvalue weighted by atomic mass is 9.75. The van der Waals surface area contributed by atoms with Crippen molar-refractivity contribution in [1.29, 1.82) is 0 Å². The van der Waals surface area contributed by atoms with E-state index in [1.807, 2.05) is 0 Å². The Labute approximate surface area is 183 Å². The summed E-state index contributed by atoms with van der Waals surface area (Å²) in [7, 11) is 0. The molecule has 0 aromatic heterocycles. The average Bonchev–Trinajstić information content (AvgIpc) is 2.91. The van der Waals surface area contributed by atoms with Crippen molar-refractivity contribution < 1.29 is 29.2 Å². The number of hydrogen-bond acceptors (Lipinski definition) is 6. The summed E-state index contributed by atoms with van der Waals surface area (Å²) in [6.07, 6.45) is 3.01. The van der Waals surface area contributed by atoms with Crippen LogP contribution in [0.3, 0.4) is 0 Å². The van der Waals surface area contributed by atoms with Crippen LogP contribution in [0.4, 0.5) is 5.69 Å². The molecule has 7 heteroatoms. The number of amides is 2. The molecule has 1 aliphatic heterocycles. The van der Waals surface area contributed by atoms with Crippen LogP contribution in [0.1, 0.15) is 59.4 Å². The molecule has 1 saturated carbocycles. The topological polar surface area (TPSA) is 82.1 Å². The Morgan fingerprint density at radius 1 is 1.06 bits per heavy atom. The first-order chi connectivity index (χ1) is 14.7. The lowest BCUT2D eigenvalue weighted by Gasteiger charge is -2.35. The van der Waals surface area contributed by atoms with Crippen LogP contribution < -0.4 is 4.90 Å². The van der Waals surface area contributed by atoms with Crippen molar-refractivity contribution in [1.82, 2.24) is 0 Å². The summed E-state index contributed by atoms with van der Waals surface area (Å²) in [5.41, 5.74) is 2.03.